The van der Waals surface area contributed by atoms with Gasteiger partial charge >= 0.3 is 5.63 Å². The predicted octanol–water partition coefficient (Wildman–Crippen LogP) is 0.894. The first-order valence-electron chi connectivity index (χ1n) is 7.01. The Labute approximate surface area is 127 Å². The van der Waals surface area contributed by atoms with Crippen molar-refractivity contribution in [2.45, 2.75) is 20.0 Å². The first kappa shape index (κ1) is 14.4. The van der Waals surface area contributed by atoms with E-state index < -0.39 is 5.63 Å². The van der Waals surface area contributed by atoms with E-state index in [4.69, 9.17) is 9.15 Å². The van der Waals surface area contributed by atoms with Crippen LogP contribution in [0.3, 0.4) is 0 Å². The van der Waals surface area contributed by atoms with Gasteiger partial charge in [0.15, 0.2) is 0 Å². The topological polar surface area (TPSA) is 77.6 Å². The van der Waals surface area contributed by atoms with Crippen molar-refractivity contribution in [3.05, 3.63) is 45.8 Å². The maximum Gasteiger partial charge on any atom is 0.339 e. The number of nitrogens with zero attached hydrogens (tertiary/aromatic N) is 3. The van der Waals surface area contributed by atoms with Crippen molar-refractivity contribution < 1.29 is 13.9 Å². The zero-order valence-electron chi connectivity index (χ0n) is 12.7. The molecule has 1 amide bonds. The van der Waals surface area contributed by atoms with Crippen LogP contribution in [0.25, 0.3) is 0 Å². The summed E-state index contributed by atoms with van der Waals surface area (Å²) in [6.07, 6.45) is -0.112. The van der Waals surface area contributed by atoms with Crippen LogP contribution < -0.4 is 10.4 Å². The van der Waals surface area contributed by atoms with Crippen molar-refractivity contribution >= 4 is 5.91 Å². The fourth-order valence-electron chi connectivity index (χ4n) is 2.49. The van der Waals surface area contributed by atoms with Crippen molar-refractivity contribution in [3.63, 3.8) is 0 Å². The molecule has 0 unspecified atom stereocenters. The Balaban J connectivity index is 1.61. The van der Waals surface area contributed by atoms with Gasteiger partial charge in [-0.05, 0) is 19.9 Å². The molecule has 2 aromatic heterocycles. The number of carbonyl (C=O) groups is 1. The van der Waals surface area contributed by atoms with E-state index in [-0.39, 0.29) is 12.0 Å². The fourth-order valence-corrected chi connectivity index (χ4v) is 2.49. The van der Waals surface area contributed by atoms with Gasteiger partial charge in [0, 0.05) is 13.1 Å². The van der Waals surface area contributed by atoms with Crippen LogP contribution in [0, 0.1) is 13.8 Å². The molecule has 0 radical (unpaired) electrons. The van der Waals surface area contributed by atoms with Crippen molar-refractivity contribution in [2.24, 2.45) is 7.05 Å². The number of hydrogen-bond donors (Lipinski definition) is 0. The number of aromatic nitrogens is 2. The van der Waals surface area contributed by atoms with Gasteiger partial charge in [-0.2, -0.15) is 5.10 Å². The average Bonchev–Trinajstić information content (AvgIpc) is 2.70. The minimum atomic E-state index is -0.437. The van der Waals surface area contributed by atoms with Crippen LogP contribution in [0.4, 0.5) is 0 Å². The summed E-state index contributed by atoms with van der Waals surface area (Å²) in [5, 5.41) is 4.17. The highest BCUT2D eigenvalue weighted by Gasteiger charge is 2.34. The van der Waals surface area contributed by atoms with Crippen LogP contribution in [0.15, 0.2) is 27.4 Å². The summed E-state index contributed by atoms with van der Waals surface area (Å²) in [7, 11) is 1.75. The van der Waals surface area contributed by atoms with Crippen LogP contribution in [0.2, 0.25) is 0 Å². The van der Waals surface area contributed by atoms with E-state index in [0.717, 1.165) is 5.69 Å². The summed E-state index contributed by atoms with van der Waals surface area (Å²) < 4.78 is 12.1. The molecule has 1 aliphatic heterocycles. The van der Waals surface area contributed by atoms with Crippen LogP contribution in [-0.2, 0) is 7.05 Å². The van der Waals surface area contributed by atoms with E-state index in [1.54, 1.807) is 35.7 Å². The first-order valence-corrected chi connectivity index (χ1v) is 7.01. The van der Waals surface area contributed by atoms with E-state index in [1.165, 1.54) is 6.07 Å². The van der Waals surface area contributed by atoms with Gasteiger partial charge in [-0.15, -0.1) is 0 Å². The fraction of sp³-hybridized carbons (Fsp3) is 0.400. The molecule has 22 heavy (non-hydrogen) atoms. The molecule has 116 valence electrons. The van der Waals surface area contributed by atoms with Gasteiger partial charge in [0.2, 0.25) is 0 Å². The number of ether oxygens (including phenoxy) is 1. The van der Waals surface area contributed by atoms with E-state index in [0.29, 0.717) is 30.3 Å². The molecule has 0 spiro atoms. The quantitative estimate of drug-likeness (QED) is 0.841. The Kier molecular flexibility index (Phi) is 3.48. The lowest BCUT2D eigenvalue weighted by molar-refractivity contribution is 0.0167. The zero-order valence-corrected chi connectivity index (χ0v) is 12.7. The van der Waals surface area contributed by atoms with Crippen molar-refractivity contribution in [1.29, 1.82) is 0 Å². The minimum absolute atomic E-state index is 0.0632. The van der Waals surface area contributed by atoms with Crippen LogP contribution in [0.1, 0.15) is 21.9 Å². The third-order valence-electron chi connectivity index (χ3n) is 3.53. The lowest BCUT2D eigenvalue weighted by Crippen LogP contribution is -2.56. The Morgan fingerprint density at radius 2 is 2.05 bits per heavy atom. The molecule has 7 heteroatoms. The van der Waals surface area contributed by atoms with E-state index in [1.807, 2.05) is 6.92 Å². The molecule has 2 aromatic rings. The monoisotopic (exact) mass is 303 g/mol. The van der Waals surface area contributed by atoms with Gasteiger partial charge in [0.05, 0.1) is 24.8 Å². The van der Waals surface area contributed by atoms with Crippen molar-refractivity contribution in [1.82, 2.24) is 14.7 Å². The van der Waals surface area contributed by atoms with E-state index >= 15 is 0 Å². The Bertz CT molecular complexity index is 771. The molecule has 0 N–H and O–H groups in total. The highest BCUT2D eigenvalue weighted by atomic mass is 16.5. The average molecular weight is 303 g/mol. The van der Waals surface area contributed by atoms with E-state index in [2.05, 4.69) is 5.10 Å². The number of likely N-dealkylation sites (tertiary alicyclic amines) is 1. The molecule has 3 heterocycles. The van der Waals surface area contributed by atoms with Gasteiger partial charge in [0.1, 0.15) is 23.3 Å². The molecule has 0 aliphatic carbocycles. The summed E-state index contributed by atoms with van der Waals surface area (Å²) in [5.74, 6) is 0.911. The second-order valence-corrected chi connectivity index (χ2v) is 5.47. The van der Waals surface area contributed by atoms with Crippen molar-refractivity contribution in [3.8, 4) is 5.75 Å². The SMILES string of the molecule is Cc1cc(C(=O)N2CC(Oc3cc(C)oc(=O)c3)C2)n(C)n1. The minimum Gasteiger partial charge on any atom is -0.486 e. The smallest absolute Gasteiger partial charge is 0.339 e. The molecule has 3 rings (SSSR count). The largest absolute Gasteiger partial charge is 0.486 e. The number of amides is 1. The molecule has 0 bridgehead atoms. The Hall–Kier alpha value is -2.57. The summed E-state index contributed by atoms with van der Waals surface area (Å²) in [6.45, 7) is 4.52. The van der Waals surface area contributed by atoms with Gasteiger partial charge in [-0.1, -0.05) is 0 Å². The number of aryl methyl sites for hydroxylation is 3. The van der Waals surface area contributed by atoms with Crippen molar-refractivity contribution in [2.75, 3.05) is 13.1 Å². The molecule has 0 saturated carbocycles. The van der Waals surface area contributed by atoms with Gasteiger partial charge in [-0.25, -0.2) is 4.79 Å². The summed E-state index contributed by atoms with van der Waals surface area (Å²) >= 11 is 0. The molecule has 1 aliphatic rings. The van der Waals surface area contributed by atoms with Gasteiger partial charge < -0.3 is 14.1 Å². The molecular weight excluding hydrogens is 286 g/mol. The zero-order chi connectivity index (χ0) is 15.9. The lowest BCUT2D eigenvalue weighted by Gasteiger charge is -2.38. The molecule has 7 nitrogen and oxygen atoms in total. The third kappa shape index (κ3) is 2.74. The summed E-state index contributed by atoms with van der Waals surface area (Å²) in [4.78, 5) is 25.3. The molecule has 0 atom stereocenters. The molecular formula is C15H17N3O4. The number of carbonyl (C=O) groups excluding carboxylic acids is 1. The predicted molar refractivity (Wildman–Crippen MR) is 78.0 cm³/mol. The van der Waals surface area contributed by atoms with Gasteiger partial charge in [0.25, 0.3) is 5.91 Å². The number of hydrogen-bond acceptors (Lipinski definition) is 5. The molecule has 1 saturated heterocycles. The third-order valence-corrected chi connectivity index (χ3v) is 3.53. The van der Waals surface area contributed by atoms with Crippen LogP contribution in [0.5, 0.6) is 5.75 Å². The Morgan fingerprint density at radius 1 is 1.32 bits per heavy atom. The first-order chi connectivity index (χ1) is 10.4. The highest BCUT2D eigenvalue weighted by Crippen LogP contribution is 2.19. The normalized spacial score (nSPS) is 14.8. The maximum absolute atomic E-state index is 12.3. The number of rotatable bonds is 3. The standard InChI is InChI=1S/C15H17N3O4/c1-9-4-13(17(3)16-9)15(20)18-7-12(8-18)22-11-5-10(2)21-14(19)6-11/h4-6,12H,7-8H2,1-3H3. The molecule has 0 aromatic carbocycles. The highest BCUT2D eigenvalue weighted by molar-refractivity contribution is 5.93. The van der Waals surface area contributed by atoms with Gasteiger partial charge in [-0.3, -0.25) is 9.48 Å². The van der Waals surface area contributed by atoms with Crippen LogP contribution in [-0.4, -0.2) is 39.8 Å². The van der Waals surface area contributed by atoms with Crippen LogP contribution >= 0.6 is 0 Å². The Morgan fingerprint density at radius 3 is 2.64 bits per heavy atom. The lowest BCUT2D eigenvalue weighted by atomic mass is 10.1. The molecule has 1 fully saturated rings. The second-order valence-electron chi connectivity index (χ2n) is 5.47. The van der Waals surface area contributed by atoms with E-state index in [9.17, 15) is 9.59 Å². The summed E-state index contributed by atoms with van der Waals surface area (Å²) in [6, 6.07) is 4.74. The maximum atomic E-state index is 12.3. The summed E-state index contributed by atoms with van der Waals surface area (Å²) in [5.41, 5.74) is 0.936. The second kappa shape index (κ2) is 5.32.